The van der Waals surface area contributed by atoms with Crippen LogP contribution in [0.2, 0.25) is 5.02 Å². The van der Waals surface area contributed by atoms with Gasteiger partial charge in [0, 0.05) is 11.8 Å². The fourth-order valence-corrected chi connectivity index (χ4v) is 2.00. The van der Waals surface area contributed by atoms with E-state index in [1.165, 1.54) is 0 Å². The van der Waals surface area contributed by atoms with Gasteiger partial charge in [-0.05, 0) is 30.7 Å². The van der Waals surface area contributed by atoms with Crippen molar-refractivity contribution in [3.63, 3.8) is 0 Å². The molecule has 2 rings (SSSR count). The number of aromatic nitrogens is 1. The number of pyridine rings is 1. The van der Waals surface area contributed by atoms with Crippen LogP contribution in [0.5, 0.6) is 5.75 Å². The number of nitrogens with zero attached hydrogens (tertiary/aromatic N) is 2. The van der Waals surface area contributed by atoms with Crippen molar-refractivity contribution in [2.45, 2.75) is 13.5 Å². The highest BCUT2D eigenvalue weighted by Gasteiger charge is 2.09. The lowest BCUT2D eigenvalue weighted by atomic mass is 10.2. The molecule has 0 radical (unpaired) electrons. The summed E-state index contributed by atoms with van der Waals surface area (Å²) in [7, 11) is 0. The van der Waals surface area contributed by atoms with Gasteiger partial charge in [-0.1, -0.05) is 28.9 Å². The van der Waals surface area contributed by atoms with Crippen LogP contribution in [0.3, 0.4) is 0 Å². The summed E-state index contributed by atoms with van der Waals surface area (Å²) >= 11 is 6.10. The predicted molar refractivity (Wildman–Crippen MR) is 77.3 cm³/mol. The van der Waals surface area contributed by atoms with Crippen molar-refractivity contribution < 1.29 is 9.94 Å². The van der Waals surface area contributed by atoms with Crippen LogP contribution in [-0.2, 0) is 6.61 Å². The first-order valence-electron chi connectivity index (χ1n) is 5.92. The van der Waals surface area contributed by atoms with Crippen molar-refractivity contribution in [3.05, 3.63) is 58.4 Å². The van der Waals surface area contributed by atoms with Crippen LogP contribution in [0.1, 0.15) is 16.8 Å². The number of nitrogens with two attached hydrogens (primary N) is 1. The van der Waals surface area contributed by atoms with Gasteiger partial charge in [0.05, 0.1) is 5.02 Å². The van der Waals surface area contributed by atoms with Crippen LogP contribution in [0.4, 0.5) is 0 Å². The molecule has 3 N–H and O–H groups in total. The number of benzene rings is 1. The number of hydrogen-bond acceptors (Lipinski definition) is 4. The molecule has 0 atom stereocenters. The number of rotatable bonds is 4. The lowest BCUT2D eigenvalue weighted by molar-refractivity contribution is 0.304. The van der Waals surface area contributed by atoms with Gasteiger partial charge in [-0.2, -0.15) is 0 Å². The molecule has 1 aromatic carbocycles. The Morgan fingerprint density at radius 3 is 2.95 bits per heavy atom. The van der Waals surface area contributed by atoms with Gasteiger partial charge >= 0.3 is 0 Å². The zero-order valence-corrected chi connectivity index (χ0v) is 11.6. The molecule has 20 heavy (non-hydrogen) atoms. The van der Waals surface area contributed by atoms with Gasteiger partial charge in [0.1, 0.15) is 18.1 Å². The summed E-state index contributed by atoms with van der Waals surface area (Å²) in [6, 6.07) is 9.09. The van der Waals surface area contributed by atoms with Crippen LogP contribution >= 0.6 is 11.6 Å². The van der Waals surface area contributed by atoms with E-state index >= 15 is 0 Å². The molecule has 0 unspecified atom stereocenters. The van der Waals surface area contributed by atoms with Gasteiger partial charge in [0.2, 0.25) is 0 Å². The summed E-state index contributed by atoms with van der Waals surface area (Å²) in [4.78, 5) is 4.07. The van der Waals surface area contributed by atoms with Crippen LogP contribution < -0.4 is 10.5 Å². The molecule has 1 aromatic heterocycles. The Balaban J connectivity index is 2.19. The average Bonchev–Trinajstić information content (AvgIpc) is 2.46. The summed E-state index contributed by atoms with van der Waals surface area (Å²) in [6.45, 7) is 2.18. The maximum absolute atomic E-state index is 8.73. The topological polar surface area (TPSA) is 80.7 Å². The van der Waals surface area contributed by atoms with E-state index in [-0.39, 0.29) is 12.4 Å². The number of hydrogen-bond donors (Lipinski definition) is 2. The second-order valence-electron chi connectivity index (χ2n) is 4.22. The zero-order valence-electron chi connectivity index (χ0n) is 10.9. The molecule has 6 heteroatoms. The van der Waals surface area contributed by atoms with Gasteiger partial charge in [-0.3, -0.25) is 4.98 Å². The average molecular weight is 292 g/mol. The van der Waals surface area contributed by atoms with Gasteiger partial charge in [0.25, 0.3) is 0 Å². The maximum atomic E-state index is 8.73. The summed E-state index contributed by atoms with van der Waals surface area (Å²) in [6.07, 6.45) is 1.57. The van der Waals surface area contributed by atoms with Crippen LogP contribution in [0, 0.1) is 6.92 Å². The molecule has 0 saturated carbocycles. The summed E-state index contributed by atoms with van der Waals surface area (Å²) in [5, 5.41) is 12.2. The van der Waals surface area contributed by atoms with Crippen LogP contribution in [0.25, 0.3) is 0 Å². The number of oxime groups is 1. The summed E-state index contributed by atoms with van der Waals surface area (Å²) in [5.74, 6) is 0.519. The molecule has 1 heterocycles. The van der Waals surface area contributed by atoms with E-state index in [9.17, 15) is 0 Å². The molecule has 0 bridgehead atoms. The van der Waals surface area contributed by atoms with Crippen LogP contribution in [-0.4, -0.2) is 16.0 Å². The zero-order chi connectivity index (χ0) is 14.5. The molecule has 0 fully saturated rings. The second kappa shape index (κ2) is 6.25. The standard InChI is InChI=1S/C14H14ClN3O2/c1-9-4-5-12(11(15)7-9)20-8-10-3-2-6-17-13(10)14(16)18-19/h2-7,19H,8H2,1H3,(H2,16,18). The lowest BCUT2D eigenvalue weighted by Gasteiger charge is -2.10. The Hall–Kier alpha value is -2.27. The van der Waals surface area contributed by atoms with E-state index in [1.807, 2.05) is 19.1 Å². The Morgan fingerprint density at radius 1 is 1.45 bits per heavy atom. The maximum Gasteiger partial charge on any atom is 0.189 e. The van der Waals surface area contributed by atoms with Crippen LogP contribution in [0.15, 0.2) is 41.7 Å². The molecule has 0 saturated heterocycles. The Bertz CT molecular complexity index is 644. The number of ether oxygens (including phenoxy) is 1. The first-order valence-corrected chi connectivity index (χ1v) is 6.30. The molecular formula is C14H14ClN3O2. The quantitative estimate of drug-likeness (QED) is 0.393. The normalized spacial score (nSPS) is 11.4. The number of amidine groups is 1. The Morgan fingerprint density at radius 2 is 2.25 bits per heavy atom. The van der Waals surface area contributed by atoms with Crippen molar-refractivity contribution in [1.29, 1.82) is 0 Å². The van der Waals surface area contributed by atoms with E-state index in [0.717, 1.165) is 5.56 Å². The Kier molecular flexibility index (Phi) is 4.42. The molecule has 104 valence electrons. The van der Waals surface area contributed by atoms with Gasteiger partial charge in [-0.15, -0.1) is 0 Å². The van der Waals surface area contributed by atoms with E-state index in [2.05, 4.69) is 10.1 Å². The van der Waals surface area contributed by atoms with E-state index < -0.39 is 0 Å². The third-order valence-electron chi connectivity index (χ3n) is 2.71. The molecule has 0 aliphatic carbocycles. The number of halogens is 1. The van der Waals surface area contributed by atoms with E-state index in [4.69, 9.17) is 27.3 Å². The summed E-state index contributed by atoms with van der Waals surface area (Å²) < 4.78 is 5.65. The minimum Gasteiger partial charge on any atom is -0.487 e. The van der Waals surface area contributed by atoms with Gasteiger partial charge in [-0.25, -0.2) is 0 Å². The lowest BCUT2D eigenvalue weighted by Crippen LogP contribution is -2.18. The summed E-state index contributed by atoms with van der Waals surface area (Å²) in [5.41, 5.74) is 7.72. The SMILES string of the molecule is Cc1ccc(OCc2cccnc2C(N)=NO)c(Cl)c1. The third kappa shape index (κ3) is 3.19. The van der Waals surface area contributed by atoms with E-state index in [0.29, 0.717) is 22.0 Å². The molecule has 0 spiro atoms. The van der Waals surface area contributed by atoms with Crippen molar-refractivity contribution in [2.75, 3.05) is 0 Å². The van der Waals surface area contributed by atoms with E-state index in [1.54, 1.807) is 24.4 Å². The first-order chi connectivity index (χ1) is 9.61. The number of aryl methyl sites for hydroxylation is 1. The predicted octanol–water partition coefficient (Wildman–Crippen LogP) is 2.72. The van der Waals surface area contributed by atoms with Crippen molar-refractivity contribution in [1.82, 2.24) is 4.98 Å². The highest BCUT2D eigenvalue weighted by Crippen LogP contribution is 2.26. The largest absolute Gasteiger partial charge is 0.487 e. The smallest absolute Gasteiger partial charge is 0.189 e. The van der Waals surface area contributed by atoms with Gasteiger partial charge in [0.15, 0.2) is 5.84 Å². The van der Waals surface area contributed by atoms with Gasteiger partial charge < -0.3 is 15.7 Å². The highest BCUT2D eigenvalue weighted by atomic mass is 35.5. The molecular weight excluding hydrogens is 278 g/mol. The second-order valence-corrected chi connectivity index (χ2v) is 4.63. The first kappa shape index (κ1) is 14.1. The minimum absolute atomic E-state index is 0.0563. The molecule has 0 aliphatic rings. The van der Waals surface area contributed by atoms with Crippen molar-refractivity contribution in [2.24, 2.45) is 10.9 Å². The molecule has 0 amide bonds. The third-order valence-corrected chi connectivity index (χ3v) is 3.01. The highest BCUT2D eigenvalue weighted by molar-refractivity contribution is 6.32. The minimum atomic E-state index is -0.0563. The van der Waals surface area contributed by atoms with Crippen molar-refractivity contribution >= 4 is 17.4 Å². The Labute approximate surface area is 121 Å². The van der Waals surface area contributed by atoms with Crippen molar-refractivity contribution in [3.8, 4) is 5.75 Å². The molecule has 0 aliphatic heterocycles. The monoisotopic (exact) mass is 291 g/mol. The fourth-order valence-electron chi connectivity index (χ4n) is 1.71. The molecule has 2 aromatic rings. The molecule has 5 nitrogen and oxygen atoms in total. The fraction of sp³-hybridized carbons (Fsp3) is 0.143.